The lowest BCUT2D eigenvalue weighted by Crippen LogP contribution is -2.59. The van der Waals surface area contributed by atoms with Gasteiger partial charge >= 0.3 is 0 Å². The Morgan fingerprint density at radius 3 is 2.77 bits per heavy atom. The number of aromatic nitrogens is 1. The number of amides is 1. The van der Waals surface area contributed by atoms with Crippen molar-refractivity contribution >= 4 is 15.9 Å². The van der Waals surface area contributed by atoms with Gasteiger partial charge < -0.3 is 14.2 Å². The van der Waals surface area contributed by atoms with E-state index in [1.807, 2.05) is 0 Å². The van der Waals surface area contributed by atoms with Crippen LogP contribution >= 0.6 is 0 Å². The van der Waals surface area contributed by atoms with Gasteiger partial charge in [0.1, 0.15) is 11.5 Å². The van der Waals surface area contributed by atoms with Crippen LogP contribution in [-0.4, -0.2) is 67.3 Å². The summed E-state index contributed by atoms with van der Waals surface area (Å²) in [5, 5.41) is 3.84. The second-order valence-corrected chi connectivity index (χ2v) is 7.75. The van der Waals surface area contributed by atoms with Crippen LogP contribution in [0.4, 0.5) is 0 Å². The minimum absolute atomic E-state index is 0.00680. The van der Waals surface area contributed by atoms with Crippen molar-refractivity contribution < 1.29 is 22.5 Å². The zero-order valence-electron chi connectivity index (χ0n) is 13.2. The molecule has 124 valence electrons. The van der Waals surface area contributed by atoms with E-state index in [0.717, 1.165) is 6.26 Å². The molecule has 22 heavy (non-hydrogen) atoms. The summed E-state index contributed by atoms with van der Waals surface area (Å²) in [6.45, 7) is 4.10. The molecular formula is C13H21N3O5S. The van der Waals surface area contributed by atoms with Gasteiger partial charge in [-0.05, 0) is 13.8 Å². The third kappa shape index (κ3) is 3.65. The maximum Gasteiger partial charge on any atom is 0.256 e. The molecule has 2 rings (SSSR count). The van der Waals surface area contributed by atoms with Crippen molar-refractivity contribution in [1.29, 1.82) is 0 Å². The number of ether oxygens (including phenoxy) is 1. The molecule has 1 aliphatic heterocycles. The Labute approximate surface area is 130 Å². The highest BCUT2D eigenvalue weighted by atomic mass is 32.2. The van der Waals surface area contributed by atoms with Crippen LogP contribution in [0.15, 0.2) is 10.6 Å². The van der Waals surface area contributed by atoms with Crippen molar-refractivity contribution in [2.75, 3.05) is 33.0 Å². The number of hydrogen-bond acceptors (Lipinski definition) is 6. The highest BCUT2D eigenvalue weighted by Gasteiger charge is 2.43. The normalized spacial score (nSPS) is 23.5. The Kier molecular flexibility index (Phi) is 4.59. The number of rotatable bonds is 4. The quantitative estimate of drug-likeness (QED) is 0.770. The number of aryl methyl sites for hydroxylation is 1. The van der Waals surface area contributed by atoms with Crippen LogP contribution < -0.4 is 0 Å². The summed E-state index contributed by atoms with van der Waals surface area (Å²) in [5.74, 6) is 0.376. The van der Waals surface area contributed by atoms with Gasteiger partial charge in [0.15, 0.2) is 5.60 Å². The monoisotopic (exact) mass is 331 g/mol. The summed E-state index contributed by atoms with van der Waals surface area (Å²) >= 11 is 0. The Balaban J connectivity index is 2.09. The molecule has 0 spiro atoms. The van der Waals surface area contributed by atoms with Gasteiger partial charge in [0, 0.05) is 19.7 Å². The molecule has 8 nitrogen and oxygen atoms in total. The third-order valence-corrected chi connectivity index (χ3v) is 4.83. The van der Waals surface area contributed by atoms with Crippen molar-refractivity contribution in [3.05, 3.63) is 17.5 Å². The van der Waals surface area contributed by atoms with Gasteiger partial charge in [0.25, 0.3) is 5.91 Å². The number of morpholine rings is 1. The largest absolute Gasteiger partial charge is 0.363 e. The summed E-state index contributed by atoms with van der Waals surface area (Å²) in [5.41, 5.74) is -0.567. The zero-order valence-corrected chi connectivity index (χ0v) is 14.0. The summed E-state index contributed by atoms with van der Waals surface area (Å²) in [6.07, 6.45) is 1.13. The minimum atomic E-state index is -3.36. The average Bonchev–Trinajstić information content (AvgIpc) is 2.82. The second kappa shape index (κ2) is 5.98. The van der Waals surface area contributed by atoms with Gasteiger partial charge in [-0.1, -0.05) is 5.16 Å². The van der Waals surface area contributed by atoms with E-state index in [2.05, 4.69) is 5.16 Å². The maximum absolute atomic E-state index is 12.6. The van der Waals surface area contributed by atoms with Gasteiger partial charge in [-0.25, -0.2) is 8.42 Å². The third-order valence-electron chi connectivity index (χ3n) is 3.58. The second-order valence-electron chi connectivity index (χ2n) is 5.77. The van der Waals surface area contributed by atoms with E-state index in [1.54, 1.807) is 27.0 Å². The molecule has 9 heteroatoms. The lowest BCUT2D eigenvalue weighted by atomic mass is 10.0. The van der Waals surface area contributed by atoms with Crippen LogP contribution in [0, 0.1) is 6.92 Å². The number of likely N-dealkylation sites (N-methyl/N-ethyl adjacent to an activating group) is 1. The number of carbonyl (C=O) groups is 1. The molecule has 0 bridgehead atoms. The Bertz CT molecular complexity index is 656. The summed E-state index contributed by atoms with van der Waals surface area (Å²) in [6, 6.07) is 1.75. The zero-order chi connectivity index (χ0) is 16.5. The Morgan fingerprint density at radius 1 is 1.55 bits per heavy atom. The van der Waals surface area contributed by atoms with Gasteiger partial charge in [-0.3, -0.25) is 4.79 Å². The molecule has 1 fully saturated rings. The molecule has 0 saturated carbocycles. The van der Waals surface area contributed by atoms with Gasteiger partial charge in [-0.15, -0.1) is 0 Å². The van der Waals surface area contributed by atoms with Crippen LogP contribution in [0.1, 0.15) is 18.4 Å². The number of carbonyl (C=O) groups excluding carboxylic acids is 1. The van der Waals surface area contributed by atoms with E-state index in [4.69, 9.17) is 9.26 Å². The predicted molar refractivity (Wildman–Crippen MR) is 78.5 cm³/mol. The fourth-order valence-electron chi connectivity index (χ4n) is 2.46. The molecule has 0 aromatic carbocycles. The van der Waals surface area contributed by atoms with Crippen molar-refractivity contribution in [1.82, 2.24) is 14.4 Å². The molecule has 1 aromatic rings. The standard InChI is InChI=1S/C13H21N3O5S/c1-10-7-11(14-21-10)8-15(3)12(17)13(2)9-16(5-6-20-13)22(4,18)19/h7H,5-6,8-9H2,1-4H3/t13-/m0/s1. The highest BCUT2D eigenvalue weighted by Crippen LogP contribution is 2.22. The molecule has 0 N–H and O–H groups in total. The van der Waals surface area contributed by atoms with E-state index in [1.165, 1.54) is 9.21 Å². The smallest absolute Gasteiger partial charge is 0.256 e. The molecule has 1 aliphatic rings. The van der Waals surface area contributed by atoms with Gasteiger partial charge in [0.2, 0.25) is 10.0 Å². The molecule has 1 saturated heterocycles. The predicted octanol–water partition coefficient (Wildman–Crippen LogP) is -0.00808. The first-order valence-electron chi connectivity index (χ1n) is 6.89. The molecule has 0 aliphatic carbocycles. The SMILES string of the molecule is Cc1cc(CN(C)C(=O)[C@]2(C)CN(S(C)(=O)=O)CCO2)no1. The minimum Gasteiger partial charge on any atom is -0.363 e. The van der Waals surface area contributed by atoms with Crippen molar-refractivity contribution in [2.45, 2.75) is 26.0 Å². The maximum atomic E-state index is 12.6. The van der Waals surface area contributed by atoms with Crippen molar-refractivity contribution in [3.8, 4) is 0 Å². The van der Waals surface area contributed by atoms with Crippen molar-refractivity contribution in [2.24, 2.45) is 0 Å². The van der Waals surface area contributed by atoms with E-state index in [9.17, 15) is 13.2 Å². The molecule has 0 radical (unpaired) electrons. The van der Waals surface area contributed by atoms with Crippen LogP contribution in [0.2, 0.25) is 0 Å². The fourth-order valence-corrected chi connectivity index (χ4v) is 3.34. The Morgan fingerprint density at radius 2 is 2.23 bits per heavy atom. The molecular weight excluding hydrogens is 310 g/mol. The van der Waals surface area contributed by atoms with Gasteiger partial charge in [0.05, 0.1) is 26.0 Å². The fraction of sp³-hybridized carbons (Fsp3) is 0.692. The highest BCUT2D eigenvalue weighted by molar-refractivity contribution is 7.88. The van der Waals surface area contributed by atoms with Crippen LogP contribution in [0.25, 0.3) is 0 Å². The van der Waals surface area contributed by atoms with Crippen LogP contribution in [0.5, 0.6) is 0 Å². The first kappa shape index (κ1) is 16.9. The number of hydrogen-bond donors (Lipinski definition) is 0. The van der Waals surface area contributed by atoms with Crippen LogP contribution in [0.3, 0.4) is 0 Å². The van der Waals surface area contributed by atoms with E-state index in [-0.39, 0.29) is 32.1 Å². The summed E-state index contributed by atoms with van der Waals surface area (Å²) in [4.78, 5) is 14.1. The molecule has 2 heterocycles. The van der Waals surface area contributed by atoms with E-state index < -0.39 is 15.6 Å². The molecule has 1 amide bonds. The van der Waals surface area contributed by atoms with Crippen molar-refractivity contribution in [3.63, 3.8) is 0 Å². The number of sulfonamides is 1. The van der Waals surface area contributed by atoms with E-state index in [0.29, 0.717) is 11.5 Å². The molecule has 1 aromatic heterocycles. The lowest BCUT2D eigenvalue weighted by Gasteiger charge is -2.39. The van der Waals surface area contributed by atoms with Crippen LogP contribution in [-0.2, 0) is 26.1 Å². The summed E-state index contributed by atoms with van der Waals surface area (Å²) in [7, 11) is -1.73. The molecule has 1 atom stereocenters. The first-order valence-corrected chi connectivity index (χ1v) is 8.73. The average molecular weight is 331 g/mol. The van der Waals surface area contributed by atoms with Gasteiger partial charge in [-0.2, -0.15) is 4.31 Å². The summed E-state index contributed by atoms with van der Waals surface area (Å²) < 4.78 is 35.2. The molecule has 0 unspecified atom stereocenters. The number of nitrogens with zero attached hydrogens (tertiary/aromatic N) is 3. The van der Waals surface area contributed by atoms with E-state index >= 15 is 0 Å². The topological polar surface area (TPSA) is 93.0 Å². The lowest BCUT2D eigenvalue weighted by molar-refractivity contribution is -0.162. The first-order chi connectivity index (χ1) is 10.1. The Hall–Kier alpha value is -1.45.